The van der Waals surface area contributed by atoms with Crippen LogP contribution in [0, 0.1) is 5.92 Å². The van der Waals surface area contributed by atoms with Gasteiger partial charge in [-0.3, -0.25) is 4.79 Å². The highest BCUT2D eigenvalue weighted by Crippen LogP contribution is 2.42. The van der Waals surface area contributed by atoms with Crippen LogP contribution in [-0.4, -0.2) is 48.0 Å². The van der Waals surface area contributed by atoms with Crippen LogP contribution in [0.25, 0.3) is 11.3 Å². The molecular formula is C31H39N5O. The van der Waals surface area contributed by atoms with Gasteiger partial charge in [0.25, 0.3) is 0 Å². The van der Waals surface area contributed by atoms with Gasteiger partial charge < -0.3 is 15.5 Å². The molecule has 194 valence electrons. The van der Waals surface area contributed by atoms with Crippen LogP contribution in [0.3, 0.4) is 0 Å². The Morgan fingerprint density at radius 2 is 1.81 bits per heavy atom. The Kier molecular flexibility index (Phi) is 8.15. The number of amides is 1. The number of benzene rings is 2. The largest absolute Gasteiger partial charge is 0.354 e. The van der Waals surface area contributed by atoms with Crippen LogP contribution < -0.4 is 10.6 Å². The molecule has 6 nitrogen and oxygen atoms in total. The molecule has 0 aliphatic heterocycles. The number of fused-ring (bicyclic) bond motifs is 3. The lowest BCUT2D eigenvalue weighted by molar-refractivity contribution is -0.117. The normalized spacial score (nSPS) is 16.9. The van der Waals surface area contributed by atoms with Gasteiger partial charge in [-0.2, -0.15) is 0 Å². The van der Waals surface area contributed by atoms with Crippen molar-refractivity contribution >= 4 is 17.5 Å². The molecule has 2 aliphatic carbocycles. The standard InChI is InChI=1S/C31H39N5O/c1-36(2)18-8-7-17-32-31-33-21-24-20-28(26-11-5-6-12-27(26)30(24)35-31)23-13-15-25(16-14-23)34-29(37)19-22-9-3-4-10-22/h5-6,11-16,21-22,28H,3-4,7-10,17-20H2,1-2H3,(H,34,37)(H,32,33,35). The molecule has 1 amide bonds. The number of hydrogen-bond donors (Lipinski definition) is 2. The first-order valence-corrected chi connectivity index (χ1v) is 13.8. The number of aromatic nitrogens is 2. The van der Waals surface area contributed by atoms with Crippen molar-refractivity contribution in [2.75, 3.05) is 37.8 Å². The van der Waals surface area contributed by atoms with E-state index in [4.69, 9.17) is 4.98 Å². The molecule has 0 saturated heterocycles. The van der Waals surface area contributed by atoms with E-state index >= 15 is 0 Å². The summed E-state index contributed by atoms with van der Waals surface area (Å²) in [6, 6.07) is 17.0. The van der Waals surface area contributed by atoms with Gasteiger partial charge in [0.05, 0.1) is 5.69 Å². The minimum absolute atomic E-state index is 0.135. The van der Waals surface area contributed by atoms with E-state index in [0.717, 1.165) is 43.7 Å². The van der Waals surface area contributed by atoms with Crippen molar-refractivity contribution in [2.24, 2.45) is 5.92 Å². The number of rotatable bonds is 10. The molecule has 1 atom stereocenters. The molecule has 37 heavy (non-hydrogen) atoms. The summed E-state index contributed by atoms with van der Waals surface area (Å²) in [6.45, 7) is 1.97. The average molecular weight is 498 g/mol. The zero-order chi connectivity index (χ0) is 25.6. The van der Waals surface area contributed by atoms with Gasteiger partial charge >= 0.3 is 0 Å². The first kappa shape index (κ1) is 25.4. The fourth-order valence-electron chi connectivity index (χ4n) is 5.76. The lowest BCUT2D eigenvalue weighted by Crippen LogP contribution is -2.17. The number of unbranched alkanes of at least 4 members (excludes halogenated alkanes) is 1. The maximum absolute atomic E-state index is 12.5. The minimum Gasteiger partial charge on any atom is -0.354 e. The monoisotopic (exact) mass is 497 g/mol. The Labute approximate surface area is 220 Å². The fourth-order valence-corrected chi connectivity index (χ4v) is 5.76. The van der Waals surface area contributed by atoms with Crippen LogP contribution in [0.4, 0.5) is 11.6 Å². The second-order valence-corrected chi connectivity index (χ2v) is 10.9. The molecule has 0 radical (unpaired) electrons. The maximum atomic E-state index is 12.5. The van der Waals surface area contributed by atoms with E-state index in [1.807, 2.05) is 18.3 Å². The van der Waals surface area contributed by atoms with E-state index in [9.17, 15) is 4.79 Å². The minimum atomic E-state index is 0.135. The molecule has 3 aromatic rings. The molecule has 2 aromatic carbocycles. The Morgan fingerprint density at radius 1 is 1.03 bits per heavy atom. The molecule has 0 spiro atoms. The molecule has 1 heterocycles. The molecule has 6 heteroatoms. The first-order chi connectivity index (χ1) is 18.1. The number of hydrogen-bond acceptors (Lipinski definition) is 5. The molecule has 1 fully saturated rings. The zero-order valence-corrected chi connectivity index (χ0v) is 22.2. The number of nitrogens with zero attached hydrogens (tertiary/aromatic N) is 3. The molecule has 0 bridgehead atoms. The number of carbonyl (C=O) groups is 1. The predicted molar refractivity (Wildman–Crippen MR) is 151 cm³/mol. The van der Waals surface area contributed by atoms with Crippen molar-refractivity contribution in [3.05, 3.63) is 71.4 Å². The molecule has 2 N–H and O–H groups in total. The van der Waals surface area contributed by atoms with E-state index in [2.05, 4.69) is 71.0 Å². The van der Waals surface area contributed by atoms with Crippen molar-refractivity contribution in [3.8, 4) is 11.3 Å². The van der Waals surface area contributed by atoms with E-state index in [1.165, 1.54) is 47.9 Å². The predicted octanol–water partition coefficient (Wildman–Crippen LogP) is 6.10. The van der Waals surface area contributed by atoms with Crippen molar-refractivity contribution in [1.82, 2.24) is 14.9 Å². The molecule has 2 aliphatic rings. The number of nitrogens with one attached hydrogen (secondary N) is 2. The quantitative estimate of drug-likeness (QED) is 0.331. The van der Waals surface area contributed by atoms with E-state index in [-0.39, 0.29) is 11.8 Å². The summed E-state index contributed by atoms with van der Waals surface area (Å²) in [5.41, 5.74) is 6.81. The first-order valence-electron chi connectivity index (χ1n) is 13.8. The average Bonchev–Trinajstić information content (AvgIpc) is 3.41. The van der Waals surface area contributed by atoms with Crippen molar-refractivity contribution in [3.63, 3.8) is 0 Å². The van der Waals surface area contributed by atoms with Crippen LogP contribution in [0.2, 0.25) is 0 Å². The molecular weight excluding hydrogens is 458 g/mol. The van der Waals surface area contributed by atoms with Gasteiger partial charge in [-0.05, 0) is 87.5 Å². The van der Waals surface area contributed by atoms with Gasteiger partial charge in [-0.25, -0.2) is 9.97 Å². The van der Waals surface area contributed by atoms with Crippen LogP contribution >= 0.6 is 0 Å². The summed E-state index contributed by atoms with van der Waals surface area (Å²) in [5, 5.41) is 6.51. The van der Waals surface area contributed by atoms with Gasteiger partial charge in [0, 0.05) is 36.3 Å². The van der Waals surface area contributed by atoms with Gasteiger partial charge in [0.2, 0.25) is 11.9 Å². The Hall–Kier alpha value is -3.25. The van der Waals surface area contributed by atoms with Gasteiger partial charge in [-0.15, -0.1) is 0 Å². The number of anilines is 2. The fraction of sp³-hybridized carbons (Fsp3) is 0.452. The van der Waals surface area contributed by atoms with Gasteiger partial charge in [-0.1, -0.05) is 49.2 Å². The van der Waals surface area contributed by atoms with Gasteiger partial charge in [0.1, 0.15) is 0 Å². The summed E-state index contributed by atoms with van der Waals surface area (Å²) in [7, 11) is 4.21. The third kappa shape index (κ3) is 6.37. The van der Waals surface area contributed by atoms with Gasteiger partial charge in [0.15, 0.2) is 0 Å². The van der Waals surface area contributed by atoms with E-state index < -0.39 is 0 Å². The Bertz CT molecular complexity index is 1200. The summed E-state index contributed by atoms with van der Waals surface area (Å²) in [4.78, 5) is 24.2. The van der Waals surface area contributed by atoms with Crippen LogP contribution in [0.15, 0.2) is 54.7 Å². The summed E-state index contributed by atoms with van der Waals surface area (Å²) < 4.78 is 0. The third-order valence-corrected chi connectivity index (χ3v) is 7.74. The highest BCUT2D eigenvalue weighted by Gasteiger charge is 2.27. The second-order valence-electron chi connectivity index (χ2n) is 10.9. The Balaban J connectivity index is 1.27. The highest BCUT2D eigenvalue weighted by molar-refractivity contribution is 5.90. The second kappa shape index (κ2) is 11.9. The van der Waals surface area contributed by atoms with Crippen molar-refractivity contribution < 1.29 is 4.79 Å². The maximum Gasteiger partial charge on any atom is 0.224 e. The summed E-state index contributed by atoms with van der Waals surface area (Å²) in [5.74, 6) is 1.63. The Morgan fingerprint density at radius 3 is 2.59 bits per heavy atom. The van der Waals surface area contributed by atoms with Crippen LogP contribution in [0.1, 0.15) is 67.6 Å². The highest BCUT2D eigenvalue weighted by atomic mass is 16.1. The van der Waals surface area contributed by atoms with Crippen molar-refractivity contribution in [2.45, 2.75) is 57.3 Å². The molecule has 1 aromatic heterocycles. The number of carbonyl (C=O) groups excluding carboxylic acids is 1. The van der Waals surface area contributed by atoms with Crippen LogP contribution in [-0.2, 0) is 11.2 Å². The lowest BCUT2D eigenvalue weighted by Gasteiger charge is -2.27. The summed E-state index contributed by atoms with van der Waals surface area (Å²) >= 11 is 0. The van der Waals surface area contributed by atoms with E-state index in [0.29, 0.717) is 18.3 Å². The topological polar surface area (TPSA) is 70.2 Å². The molecule has 1 saturated carbocycles. The SMILES string of the molecule is CN(C)CCCCNc1ncc2c(n1)-c1ccccc1C(c1ccc(NC(=O)CC3CCCC3)cc1)C2. The van der Waals surface area contributed by atoms with Crippen molar-refractivity contribution in [1.29, 1.82) is 0 Å². The lowest BCUT2D eigenvalue weighted by atomic mass is 9.78. The molecule has 5 rings (SSSR count). The molecule has 1 unspecified atom stereocenters. The third-order valence-electron chi connectivity index (χ3n) is 7.74. The van der Waals surface area contributed by atoms with E-state index in [1.54, 1.807) is 0 Å². The van der Waals surface area contributed by atoms with Crippen LogP contribution in [0.5, 0.6) is 0 Å². The summed E-state index contributed by atoms with van der Waals surface area (Å²) in [6.07, 6.45) is 10.6. The zero-order valence-electron chi connectivity index (χ0n) is 22.2. The smallest absolute Gasteiger partial charge is 0.224 e.